The van der Waals surface area contributed by atoms with Crippen molar-refractivity contribution in [2.45, 2.75) is 19.3 Å². The summed E-state index contributed by atoms with van der Waals surface area (Å²) in [6.45, 7) is 1.83. The van der Waals surface area contributed by atoms with E-state index in [2.05, 4.69) is 5.32 Å². The van der Waals surface area contributed by atoms with E-state index in [4.69, 9.17) is 5.11 Å². The second-order valence-corrected chi connectivity index (χ2v) is 6.11. The van der Waals surface area contributed by atoms with Crippen LogP contribution in [-0.4, -0.2) is 44.7 Å². The highest BCUT2D eigenvalue weighted by atomic mass is 32.2. The smallest absolute Gasteiger partial charge is 0.150 e. The van der Waals surface area contributed by atoms with Crippen LogP contribution in [0.1, 0.15) is 19.3 Å². The molecule has 0 bridgehead atoms. The van der Waals surface area contributed by atoms with Crippen LogP contribution < -0.4 is 5.32 Å². The highest BCUT2D eigenvalue weighted by Gasteiger charge is 2.20. The zero-order valence-electron chi connectivity index (χ0n) is 8.41. The summed E-state index contributed by atoms with van der Waals surface area (Å²) in [6.07, 6.45) is 2.28. The quantitative estimate of drug-likeness (QED) is 0.674. The minimum absolute atomic E-state index is 0.0363. The van der Waals surface area contributed by atoms with Crippen molar-refractivity contribution >= 4 is 9.84 Å². The zero-order chi connectivity index (χ0) is 10.4. The van der Waals surface area contributed by atoms with Crippen molar-refractivity contribution in [3.05, 3.63) is 0 Å². The third kappa shape index (κ3) is 4.39. The molecule has 0 aliphatic carbocycles. The van der Waals surface area contributed by atoms with Crippen molar-refractivity contribution in [1.82, 2.24) is 5.32 Å². The molecule has 0 saturated carbocycles. The topological polar surface area (TPSA) is 66.4 Å². The average Bonchev–Trinajstić information content (AvgIpc) is 2.16. The van der Waals surface area contributed by atoms with Crippen molar-refractivity contribution in [2.75, 3.05) is 31.2 Å². The molecule has 14 heavy (non-hydrogen) atoms. The second-order valence-electron chi connectivity index (χ2n) is 3.88. The number of aliphatic hydroxyl groups is 1. The maximum atomic E-state index is 11.5. The van der Waals surface area contributed by atoms with E-state index in [-0.39, 0.29) is 12.4 Å². The molecule has 0 aromatic carbocycles. The van der Waals surface area contributed by atoms with Gasteiger partial charge in [0.2, 0.25) is 0 Å². The lowest BCUT2D eigenvalue weighted by atomic mass is 10.0. The second kappa shape index (κ2) is 5.68. The van der Waals surface area contributed by atoms with Gasteiger partial charge in [0.1, 0.15) is 0 Å². The van der Waals surface area contributed by atoms with E-state index in [0.29, 0.717) is 18.1 Å². The lowest BCUT2D eigenvalue weighted by Gasteiger charge is -2.22. The molecule has 0 unspecified atom stereocenters. The summed E-state index contributed by atoms with van der Waals surface area (Å²) in [5, 5.41) is 11.8. The van der Waals surface area contributed by atoms with Crippen LogP contribution in [0.25, 0.3) is 0 Å². The Hall–Kier alpha value is -0.130. The van der Waals surface area contributed by atoms with E-state index >= 15 is 0 Å². The van der Waals surface area contributed by atoms with Gasteiger partial charge in [0.05, 0.1) is 11.5 Å². The molecule has 1 rings (SSSR count). The van der Waals surface area contributed by atoms with Gasteiger partial charge < -0.3 is 10.4 Å². The number of nitrogens with one attached hydrogen (secondary N) is 1. The van der Waals surface area contributed by atoms with Crippen LogP contribution in [-0.2, 0) is 9.84 Å². The Balaban J connectivity index is 2.33. The van der Waals surface area contributed by atoms with Gasteiger partial charge in [-0.15, -0.1) is 0 Å². The predicted molar refractivity (Wildman–Crippen MR) is 56.0 cm³/mol. The first kappa shape index (κ1) is 11.9. The summed E-state index contributed by atoms with van der Waals surface area (Å²) >= 11 is 0. The first-order valence-corrected chi connectivity index (χ1v) is 6.98. The van der Waals surface area contributed by atoms with E-state index in [0.717, 1.165) is 25.9 Å². The SMILES string of the molecule is O=S(=O)(CCCO)CC1CCNCC1. The summed E-state index contributed by atoms with van der Waals surface area (Å²) in [5.74, 6) is 0.752. The van der Waals surface area contributed by atoms with Crippen molar-refractivity contribution in [2.24, 2.45) is 5.92 Å². The highest BCUT2D eigenvalue weighted by molar-refractivity contribution is 7.91. The number of hydrogen-bond donors (Lipinski definition) is 2. The Kier molecular flexibility index (Phi) is 4.84. The molecule has 0 aromatic heterocycles. The van der Waals surface area contributed by atoms with Gasteiger partial charge in [-0.3, -0.25) is 0 Å². The fourth-order valence-corrected chi connectivity index (χ4v) is 3.56. The lowest BCUT2D eigenvalue weighted by molar-refractivity contribution is 0.295. The molecular formula is C9H19NO3S. The molecule has 0 amide bonds. The van der Waals surface area contributed by atoms with Crippen molar-refractivity contribution in [1.29, 1.82) is 0 Å². The van der Waals surface area contributed by atoms with Crippen LogP contribution in [0.4, 0.5) is 0 Å². The summed E-state index contributed by atoms with van der Waals surface area (Å²) in [5.41, 5.74) is 0. The molecular weight excluding hydrogens is 202 g/mol. The van der Waals surface area contributed by atoms with Crippen molar-refractivity contribution < 1.29 is 13.5 Å². The fourth-order valence-electron chi connectivity index (χ4n) is 1.78. The van der Waals surface area contributed by atoms with Gasteiger partial charge in [0.15, 0.2) is 9.84 Å². The minimum Gasteiger partial charge on any atom is -0.396 e. The first-order valence-electron chi connectivity index (χ1n) is 5.16. The van der Waals surface area contributed by atoms with Gasteiger partial charge in [-0.25, -0.2) is 8.42 Å². The Morgan fingerprint density at radius 3 is 2.50 bits per heavy atom. The monoisotopic (exact) mass is 221 g/mol. The number of aliphatic hydroxyl groups excluding tert-OH is 1. The lowest BCUT2D eigenvalue weighted by Crippen LogP contribution is -2.32. The largest absolute Gasteiger partial charge is 0.396 e. The minimum atomic E-state index is -2.93. The number of sulfone groups is 1. The Morgan fingerprint density at radius 2 is 1.93 bits per heavy atom. The first-order chi connectivity index (χ1) is 6.64. The Labute approximate surface area is 85.6 Å². The van der Waals surface area contributed by atoms with Crippen LogP contribution in [0.15, 0.2) is 0 Å². The number of hydrogen-bond acceptors (Lipinski definition) is 4. The number of rotatable bonds is 5. The maximum Gasteiger partial charge on any atom is 0.150 e. The molecule has 1 aliphatic rings. The zero-order valence-corrected chi connectivity index (χ0v) is 9.22. The molecule has 1 saturated heterocycles. The summed E-state index contributed by atoms with van der Waals surface area (Å²) < 4.78 is 23.1. The molecule has 2 N–H and O–H groups in total. The van der Waals surface area contributed by atoms with E-state index in [9.17, 15) is 8.42 Å². The van der Waals surface area contributed by atoms with Crippen LogP contribution in [0.5, 0.6) is 0 Å². The fraction of sp³-hybridized carbons (Fsp3) is 1.00. The third-order valence-electron chi connectivity index (χ3n) is 2.56. The van der Waals surface area contributed by atoms with Crippen LogP contribution in [0, 0.1) is 5.92 Å². The van der Waals surface area contributed by atoms with Crippen molar-refractivity contribution in [3.63, 3.8) is 0 Å². The predicted octanol–water partition coefficient (Wildman–Crippen LogP) is -0.217. The van der Waals surface area contributed by atoms with Gasteiger partial charge in [0.25, 0.3) is 0 Å². The standard InChI is InChI=1S/C9H19NO3S/c11-6-1-7-14(12,13)8-9-2-4-10-5-3-9/h9-11H,1-8H2. The molecule has 0 radical (unpaired) electrons. The number of piperidine rings is 1. The molecule has 4 nitrogen and oxygen atoms in total. The van der Waals surface area contributed by atoms with Gasteiger partial charge in [0, 0.05) is 6.61 Å². The maximum absolute atomic E-state index is 11.5. The molecule has 1 fully saturated rings. The molecule has 0 atom stereocenters. The normalized spacial score (nSPS) is 19.8. The molecule has 5 heteroatoms. The average molecular weight is 221 g/mol. The van der Waals surface area contributed by atoms with E-state index in [1.165, 1.54) is 0 Å². The van der Waals surface area contributed by atoms with Crippen molar-refractivity contribution in [3.8, 4) is 0 Å². The van der Waals surface area contributed by atoms with E-state index < -0.39 is 9.84 Å². The third-order valence-corrected chi connectivity index (χ3v) is 4.45. The van der Waals surface area contributed by atoms with Crippen LogP contribution in [0.2, 0.25) is 0 Å². The molecule has 1 heterocycles. The summed E-state index contributed by atoms with van der Waals surface area (Å²) in [7, 11) is -2.93. The van der Waals surface area contributed by atoms with Gasteiger partial charge >= 0.3 is 0 Å². The van der Waals surface area contributed by atoms with Gasteiger partial charge in [-0.2, -0.15) is 0 Å². The van der Waals surface area contributed by atoms with Gasteiger partial charge in [-0.1, -0.05) is 0 Å². The Bertz CT molecular complexity index is 245. The molecule has 1 aliphatic heterocycles. The van der Waals surface area contributed by atoms with Crippen LogP contribution in [0.3, 0.4) is 0 Å². The van der Waals surface area contributed by atoms with E-state index in [1.807, 2.05) is 0 Å². The Morgan fingerprint density at radius 1 is 1.29 bits per heavy atom. The molecule has 0 spiro atoms. The summed E-state index contributed by atoms with van der Waals surface area (Å²) in [4.78, 5) is 0. The molecule has 84 valence electrons. The van der Waals surface area contributed by atoms with Crippen LogP contribution >= 0.6 is 0 Å². The van der Waals surface area contributed by atoms with E-state index in [1.54, 1.807) is 0 Å². The highest BCUT2D eigenvalue weighted by Crippen LogP contribution is 2.14. The van der Waals surface area contributed by atoms with Gasteiger partial charge in [-0.05, 0) is 38.3 Å². The molecule has 0 aromatic rings. The summed E-state index contributed by atoms with van der Waals surface area (Å²) in [6, 6.07) is 0.